The van der Waals surface area contributed by atoms with Gasteiger partial charge in [-0.3, -0.25) is 0 Å². The fourth-order valence-electron chi connectivity index (χ4n) is 2.80. The zero-order chi connectivity index (χ0) is 15.3. The Balaban J connectivity index is 1.88. The van der Waals surface area contributed by atoms with Crippen molar-refractivity contribution in [2.75, 3.05) is 0 Å². The molecule has 0 amide bonds. The third kappa shape index (κ3) is 2.14. The topological polar surface area (TPSA) is 43.1 Å². The van der Waals surface area contributed by atoms with Crippen molar-refractivity contribution in [2.24, 2.45) is 5.92 Å². The fraction of sp³-hybridized carbons (Fsp3) is 0.267. The van der Waals surface area contributed by atoms with Crippen LogP contribution >= 0.6 is 11.6 Å². The highest BCUT2D eigenvalue weighted by molar-refractivity contribution is 6.30. The number of aromatic nitrogens is 4. The molecule has 0 aliphatic heterocycles. The van der Waals surface area contributed by atoms with Gasteiger partial charge in [-0.2, -0.15) is 5.10 Å². The van der Waals surface area contributed by atoms with Crippen LogP contribution in [0.5, 0.6) is 0 Å². The highest BCUT2D eigenvalue weighted by Gasteiger charge is 2.46. The van der Waals surface area contributed by atoms with E-state index in [0.29, 0.717) is 17.3 Å². The molecule has 0 spiro atoms. The van der Waals surface area contributed by atoms with E-state index in [-0.39, 0.29) is 5.92 Å². The molecular weight excluding hydrogens is 310 g/mol. The quantitative estimate of drug-likeness (QED) is 0.737. The Kier molecular flexibility index (Phi) is 3.07. The number of hydrogen-bond acceptors (Lipinski definition) is 3. The lowest BCUT2D eigenvalue weighted by atomic mass is 10.1. The van der Waals surface area contributed by atoms with Gasteiger partial charge in [-0.05, 0) is 36.1 Å². The number of nitrogens with zero attached hydrogens (tertiary/aromatic N) is 4. The summed E-state index contributed by atoms with van der Waals surface area (Å²) in [4.78, 5) is 7.94. The zero-order valence-electron chi connectivity index (χ0n) is 11.3. The van der Waals surface area contributed by atoms with Crippen LogP contribution in [0.3, 0.4) is 0 Å². The molecule has 0 unspecified atom stereocenters. The van der Waals surface area contributed by atoms with Gasteiger partial charge in [-0.1, -0.05) is 11.6 Å². The number of rotatable bonds is 3. The van der Waals surface area contributed by atoms with Crippen LogP contribution in [0.1, 0.15) is 17.9 Å². The highest BCUT2D eigenvalue weighted by Crippen LogP contribution is 2.52. The minimum Gasteiger partial charge on any atom is -0.244 e. The lowest BCUT2D eigenvalue weighted by molar-refractivity contribution is 0.120. The maximum atomic E-state index is 12.9. The summed E-state index contributed by atoms with van der Waals surface area (Å²) in [5, 5.41) is 4.91. The van der Waals surface area contributed by atoms with Crippen molar-refractivity contribution >= 4 is 17.1 Å². The van der Waals surface area contributed by atoms with Gasteiger partial charge in [0.2, 0.25) is 6.43 Å². The molecule has 0 radical (unpaired) electrons. The number of alkyl halides is 2. The molecule has 3 aromatic heterocycles. The van der Waals surface area contributed by atoms with E-state index in [2.05, 4.69) is 15.1 Å². The van der Waals surface area contributed by atoms with E-state index in [1.54, 1.807) is 23.0 Å². The summed E-state index contributed by atoms with van der Waals surface area (Å²) in [6.45, 7) is 0. The Labute approximate surface area is 129 Å². The van der Waals surface area contributed by atoms with Gasteiger partial charge < -0.3 is 0 Å². The van der Waals surface area contributed by atoms with E-state index in [1.807, 2.05) is 12.1 Å². The summed E-state index contributed by atoms with van der Waals surface area (Å²) in [6.07, 6.45) is 2.90. The monoisotopic (exact) mass is 320 g/mol. The van der Waals surface area contributed by atoms with E-state index in [0.717, 1.165) is 16.6 Å². The Morgan fingerprint density at radius 3 is 2.68 bits per heavy atom. The van der Waals surface area contributed by atoms with Crippen molar-refractivity contribution in [1.82, 2.24) is 19.6 Å². The summed E-state index contributed by atoms with van der Waals surface area (Å²) >= 11 is 6.15. The lowest BCUT2D eigenvalue weighted by Crippen LogP contribution is -2.01. The molecule has 1 saturated carbocycles. The Morgan fingerprint density at radius 2 is 2.00 bits per heavy atom. The average molecular weight is 321 g/mol. The second-order valence-corrected chi connectivity index (χ2v) is 5.79. The molecule has 1 fully saturated rings. The standard InChI is InChI=1S/C15H11ClF2N4/c16-14-2-1-13-10(9-3-11(9)15(17)18)4-12(21-22(13)14)8-5-19-7-20-6-8/h1-2,4-7,9,11,15H,3H2/t9-,11+/m1/s1. The first-order valence-corrected chi connectivity index (χ1v) is 7.24. The van der Waals surface area contributed by atoms with Crippen LogP contribution in [-0.4, -0.2) is 26.0 Å². The summed E-state index contributed by atoms with van der Waals surface area (Å²) in [5.41, 5.74) is 2.98. The molecule has 0 bridgehead atoms. The molecule has 2 atom stereocenters. The van der Waals surface area contributed by atoms with Gasteiger partial charge in [-0.25, -0.2) is 23.3 Å². The summed E-state index contributed by atoms with van der Waals surface area (Å²) in [7, 11) is 0. The van der Waals surface area contributed by atoms with Gasteiger partial charge in [0.25, 0.3) is 0 Å². The summed E-state index contributed by atoms with van der Waals surface area (Å²) in [5.74, 6) is -0.736. The molecule has 3 heterocycles. The summed E-state index contributed by atoms with van der Waals surface area (Å²) < 4.78 is 27.4. The van der Waals surface area contributed by atoms with Crippen molar-refractivity contribution in [1.29, 1.82) is 0 Å². The molecule has 4 rings (SSSR count). The van der Waals surface area contributed by atoms with Gasteiger partial charge >= 0.3 is 0 Å². The first kappa shape index (κ1) is 13.6. The Morgan fingerprint density at radius 1 is 1.23 bits per heavy atom. The first-order valence-electron chi connectivity index (χ1n) is 6.87. The van der Waals surface area contributed by atoms with Gasteiger partial charge in [0, 0.05) is 23.9 Å². The molecule has 0 saturated heterocycles. The number of fused-ring (bicyclic) bond motifs is 1. The van der Waals surface area contributed by atoms with Gasteiger partial charge in [0.1, 0.15) is 11.5 Å². The second-order valence-electron chi connectivity index (χ2n) is 5.41. The number of hydrogen-bond donors (Lipinski definition) is 0. The molecule has 7 heteroatoms. The van der Waals surface area contributed by atoms with Crippen molar-refractivity contribution in [3.05, 3.63) is 47.6 Å². The molecule has 112 valence electrons. The van der Waals surface area contributed by atoms with E-state index < -0.39 is 12.3 Å². The SMILES string of the molecule is FC(F)[C@H]1C[C@@H]1c1cc(-c2cncnc2)nn2c(Cl)ccc12. The van der Waals surface area contributed by atoms with Gasteiger partial charge in [0.15, 0.2) is 0 Å². The van der Waals surface area contributed by atoms with Crippen molar-refractivity contribution in [3.63, 3.8) is 0 Å². The predicted octanol–water partition coefficient (Wildman–Crippen LogP) is 3.81. The Hall–Kier alpha value is -2.08. The van der Waals surface area contributed by atoms with E-state index in [1.165, 1.54) is 6.33 Å². The van der Waals surface area contributed by atoms with Crippen molar-refractivity contribution in [2.45, 2.75) is 18.8 Å². The molecule has 1 aliphatic carbocycles. The first-order chi connectivity index (χ1) is 10.6. The van der Waals surface area contributed by atoms with Crippen LogP contribution < -0.4 is 0 Å². The van der Waals surface area contributed by atoms with Gasteiger partial charge in [-0.15, -0.1) is 0 Å². The molecule has 0 aromatic carbocycles. The molecule has 1 aliphatic rings. The largest absolute Gasteiger partial charge is 0.244 e. The molecular formula is C15H11ClF2N4. The zero-order valence-corrected chi connectivity index (χ0v) is 12.1. The number of halogens is 3. The van der Waals surface area contributed by atoms with Crippen LogP contribution in [0, 0.1) is 5.92 Å². The normalized spacial score (nSPS) is 20.7. The van der Waals surface area contributed by atoms with E-state index in [9.17, 15) is 8.78 Å². The average Bonchev–Trinajstić information content (AvgIpc) is 3.26. The van der Waals surface area contributed by atoms with Crippen molar-refractivity contribution in [3.8, 4) is 11.3 Å². The minimum atomic E-state index is -2.30. The fourth-order valence-corrected chi connectivity index (χ4v) is 2.99. The molecule has 0 N–H and O–H groups in total. The predicted molar refractivity (Wildman–Crippen MR) is 78.1 cm³/mol. The second kappa shape index (κ2) is 4.98. The Bertz CT molecular complexity index is 834. The van der Waals surface area contributed by atoms with Crippen molar-refractivity contribution < 1.29 is 8.78 Å². The van der Waals surface area contributed by atoms with Crippen LogP contribution in [0.2, 0.25) is 5.15 Å². The van der Waals surface area contributed by atoms with Crippen LogP contribution in [0.25, 0.3) is 16.8 Å². The third-order valence-electron chi connectivity index (χ3n) is 4.02. The maximum Gasteiger partial charge on any atom is 0.242 e. The lowest BCUT2D eigenvalue weighted by Gasteiger charge is -2.08. The van der Waals surface area contributed by atoms with Crippen LogP contribution in [-0.2, 0) is 0 Å². The van der Waals surface area contributed by atoms with Gasteiger partial charge in [0.05, 0.1) is 11.2 Å². The third-order valence-corrected chi connectivity index (χ3v) is 4.31. The smallest absolute Gasteiger partial charge is 0.242 e. The van der Waals surface area contributed by atoms with E-state index in [4.69, 9.17) is 11.6 Å². The molecule has 3 aromatic rings. The van der Waals surface area contributed by atoms with Crippen LogP contribution in [0.15, 0.2) is 36.9 Å². The molecule has 4 nitrogen and oxygen atoms in total. The molecule has 22 heavy (non-hydrogen) atoms. The summed E-state index contributed by atoms with van der Waals surface area (Å²) in [6, 6.07) is 5.38. The maximum absolute atomic E-state index is 12.9. The highest BCUT2D eigenvalue weighted by atomic mass is 35.5. The van der Waals surface area contributed by atoms with Crippen LogP contribution in [0.4, 0.5) is 8.78 Å². The minimum absolute atomic E-state index is 0.153. The van der Waals surface area contributed by atoms with E-state index >= 15 is 0 Å².